The van der Waals surface area contributed by atoms with E-state index >= 15 is 0 Å². The van der Waals surface area contributed by atoms with E-state index in [1.54, 1.807) is 36.4 Å². The monoisotopic (exact) mass is 477 g/mol. The first-order chi connectivity index (χ1) is 14.7. The standard InChI is InChI=1S/C21H20ClN3O4S2/c1-3-12-25-20(27)18(13-19(26)23-16-8-6-15(22)7-9-16)30-21(25)24-31(28,29)17-10-4-14(2)5-11-17/h3-11,18H,1,12-13H2,2H3,(H,23,26). The summed E-state index contributed by atoms with van der Waals surface area (Å²) >= 11 is 6.79. The molecule has 0 aromatic heterocycles. The fourth-order valence-corrected chi connectivity index (χ4v) is 5.28. The van der Waals surface area contributed by atoms with Crippen molar-refractivity contribution >= 4 is 56.1 Å². The lowest BCUT2D eigenvalue weighted by molar-refractivity contribution is -0.127. The van der Waals surface area contributed by atoms with Gasteiger partial charge < -0.3 is 5.32 Å². The largest absolute Gasteiger partial charge is 0.326 e. The Morgan fingerprint density at radius 3 is 2.48 bits per heavy atom. The van der Waals surface area contributed by atoms with Crippen molar-refractivity contribution in [2.45, 2.75) is 23.5 Å². The van der Waals surface area contributed by atoms with Gasteiger partial charge in [-0.1, -0.05) is 47.1 Å². The number of thioether (sulfide) groups is 1. The average Bonchev–Trinajstić information content (AvgIpc) is 2.98. The highest BCUT2D eigenvalue weighted by atomic mass is 35.5. The van der Waals surface area contributed by atoms with Gasteiger partial charge in [-0.2, -0.15) is 8.42 Å². The Morgan fingerprint density at radius 2 is 1.87 bits per heavy atom. The van der Waals surface area contributed by atoms with Crippen LogP contribution in [0, 0.1) is 6.92 Å². The van der Waals surface area contributed by atoms with Crippen molar-refractivity contribution in [3.8, 4) is 0 Å². The molecule has 1 heterocycles. The molecular formula is C21H20ClN3O4S2. The molecule has 1 saturated heterocycles. The number of nitrogens with zero attached hydrogens (tertiary/aromatic N) is 2. The molecule has 1 unspecified atom stereocenters. The Hall–Kier alpha value is -2.62. The van der Waals surface area contributed by atoms with E-state index in [1.807, 2.05) is 6.92 Å². The zero-order valence-corrected chi connectivity index (χ0v) is 19.0. The quantitative estimate of drug-likeness (QED) is 0.611. The molecule has 10 heteroatoms. The normalized spacial score (nSPS) is 17.7. The molecule has 162 valence electrons. The Morgan fingerprint density at radius 1 is 1.23 bits per heavy atom. The van der Waals surface area contributed by atoms with Gasteiger partial charge in [-0.25, -0.2) is 0 Å². The predicted octanol–water partition coefficient (Wildman–Crippen LogP) is 3.85. The molecule has 1 atom stereocenters. The van der Waals surface area contributed by atoms with E-state index in [2.05, 4.69) is 16.3 Å². The SMILES string of the molecule is C=CCN1C(=O)C(CC(=O)Nc2ccc(Cl)cc2)SC1=NS(=O)(=O)c1ccc(C)cc1. The van der Waals surface area contributed by atoms with Gasteiger partial charge in [-0.15, -0.1) is 11.0 Å². The number of carbonyl (C=O) groups excluding carboxylic acids is 2. The van der Waals surface area contributed by atoms with E-state index < -0.39 is 21.2 Å². The predicted molar refractivity (Wildman–Crippen MR) is 124 cm³/mol. The van der Waals surface area contributed by atoms with Crippen LogP contribution in [0.3, 0.4) is 0 Å². The van der Waals surface area contributed by atoms with Gasteiger partial charge in [0.1, 0.15) is 5.25 Å². The number of amides is 2. The number of rotatable bonds is 7. The summed E-state index contributed by atoms with van der Waals surface area (Å²) in [6, 6.07) is 12.8. The van der Waals surface area contributed by atoms with Crippen molar-refractivity contribution in [1.29, 1.82) is 0 Å². The average molecular weight is 478 g/mol. The van der Waals surface area contributed by atoms with Crippen LogP contribution in [0.2, 0.25) is 5.02 Å². The van der Waals surface area contributed by atoms with Crippen LogP contribution in [0.1, 0.15) is 12.0 Å². The molecule has 31 heavy (non-hydrogen) atoms. The van der Waals surface area contributed by atoms with Crippen LogP contribution in [0.5, 0.6) is 0 Å². The van der Waals surface area contributed by atoms with Gasteiger partial charge >= 0.3 is 0 Å². The van der Waals surface area contributed by atoms with Gasteiger partial charge in [0, 0.05) is 23.7 Å². The van der Waals surface area contributed by atoms with Gasteiger partial charge in [-0.3, -0.25) is 14.5 Å². The fourth-order valence-electron chi connectivity index (χ4n) is 2.79. The van der Waals surface area contributed by atoms with Gasteiger partial charge in [0.15, 0.2) is 5.17 Å². The maximum atomic E-state index is 12.8. The van der Waals surface area contributed by atoms with Crippen LogP contribution in [0.15, 0.2) is 70.5 Å². The zero-order valence-electron chi connectivity index (χ0n) is 16.6. The lowest BCUT2D eigenvalue weighted by Gasteiger charge is -2.13. The third kappa shape index (κ3) is 5.75. The Balaban J connectivity index is 1.78. The molecule has 2 aromatic carbocycles. The maximum absolute atomic E-state index is 12.8. The number of aryl methyl sites for hydroxylation is 1. The topological polar surface area (TPSA) is 95.9 Å². The van der Waals surface area contributed by atoms with Crippen LogP contribution >= 0.6 is 23.4 Å². The summed E-state index contributed by atoms with van der Waals surface area (Å²) < 4.78 is 29.3. The second-order valence-corrected chi connectivity index (χ2v) is 9.98. The molecule has 3 rings (SSSR count). The second kappa shape index (κ2) is 9.67. The summed E-state index contributed by atoms with van der Waals surface area (Å²) in [5.41, 5.74) is 1.46. The number of benzene rings is 2. The molecule has 0 aliphatic carbocycles. The molecule has 1 aliphatic heterocycles. The molecular weight excluding hydrogens is 458 g/mol. The minimum absolute atomic E-state index is 0.0229. The minimum atomic E-state index is -4.01. The number of nitrogens with one attached hydrogen (secondary N) is 1. The Bertz CT molecular complexity index is 1130. The van der Waals surface area contributed by atoms with Crippen LogP contribution in [-0.2, 0) is 19.6 Å². The maximum Gasteiger partial charge on any atom is 0.284 e. The van der Waals surface area contributed by atoms with E-state index in [1.165, 1.54) is 23.1 Å². The molecule has 1 fully saturated rings. The van der Waals surface area contributed by atoms with Crippen molar-refractivity contribution < 1.29 is 18.0 Å². The number of halogens is 1. The Kier molecular flexibility index (Phi) is 7.19. The van der Waals surface area contributed by atoms with Crippen molar-refractivity contribution in [1.82, 2.24) is 4.90 Å². The highest BCUT2D eigenvalue weighted by Crippen LogP contribution is 2.31. The van der Waals surface area contributed by atoms with Gasteiger partial charge in [0.25, 0.3) is 10.0 Å². The first-order valence-corrected chi connectivity index (χ1v) is 12.0. The van der Waals surface area contributed by atoms with Crippen LogP contribution in [0.25, 0.3) is 0 Å². The van der Waals surface area contributed by atoms with Gasteiger partial charge in [0.2, 0.25) is 11.8 Å². The zero-order chi connectivity index (χ0) is 22.6. The lowest BCUT2D eigenvalue weighted by atomic mass is 10.2. The summed E-state index contributed by atoms with van der Waals surface area (Å²) in [6.07, 6.45) is 1.34. The van der Waals surface area contributed by atoms with E-state index in [4.69, 9.17) is 11.6 Å². The fraction of sp³-hybridized carbons (Fsp3) is 0.190. The highest BCUT2D eigenvalue weighted by Gasteiger charge is 2.39. The molecule has 7 nitrogen and oxygen atoms in total. The van der Waals surface area contributed by atoms with Gasteiger partial charge in [0.05, 0.1) is 4.90 Å². The third-order valence-corrected chi connectivity index (χ3v) is 7.17. The molecule has 2 aromatic rings. The number of hydrogen-bond acceptors (Lipinski definition) is 5. The van der Waals surface area contributed by atoms with E-state index in [-0.39, 0.29) is 28.9 Å². The summed E-state index contributed by atoms with van der Waals surface area (Å²) in [4.78, 5) is 26.4. The number of carbonyl (C=O) groups is 2. The molecule has 0 spiro atoms. The molecule has 1 aliphatic rings. The van der Waals surface area contributed by atoms with E-state index in [9.17, 15) is 18.0 Å². The summed E-state index contributed by atoms with van der Waals surface area (Å²) in [6.45, 7) is 5.54. The molecule has 0 bridgehead atoms. The van der Waals surface area contributed by atoms with Crippen molar-refractivity contribution in [3.63, 3.8) is 0 Å². The first kappa shape index (κ1) is 23.1. The molecule has 1 N–H and O–H groups in total. The summed E-state index contributed by atoms with van der Waals surface area (Å²) in [5, 5.41) is 2.47. The van der Waals surface area contributed by atoms with E-state index in [0.29, 0.717) is 10.7 Å². The smallest absolute Gasteiger partial charge is 0.284 e. The van der Waals surface area contributed by atoms with Crippen molar-refractivity contribution in [3.05, 3.63) is 71.8 Å². The highest BCUT2D eigenvalue weighted by molar-refractivity contribution is 8.16. The van der Waals surface area contributed by atoms with Gasteiger partial charge in [-0.05, 0) is 43.3 Å². The number of anilines is 1. The Labute approximate surface area is 190 Å². The molecule has 0 radical (unpaired) electrons. The minimum Gasteiger partial charge on any atom is -0.326 e. The van der Waals surface area contributed by atoms with Crippen LogP contribution in [-0.4, -0.2) is 42.1 Å². The summed E-state index contributed by atoms with van der Waals surface area (Å²) in [5.74, 6) is -0.775. The molecule has 0 saturated carbocycles. The third-order valence-electron chi connectivity index (χ3n) is 4.35. The van der Waals surface area contributed by atoms with Crippen molar-refractivity contribution in [2.24, 2.45) is 4.40 Å². The van der Waals surface area contributed by atoms with E-state index in [0.717, 1.165) is 17.3 Å². The molecule has 2 amide bonds. The summed E-state index contributed by atoms with van der Waals surface area (Å²) in [7, 11) is -4.01. The van der Waals surface area contributed by atoms with Crippen LogP contribution < -0.4 is 5.32 Å². The number of amidine groups is 1. The number of sulfonamides is 1. The first-order valence-electron chi connectivity index (χ1n) is 9.25. The number of hydrogen-bond donors (Lipinski definition) is 1. The lowest BCUT2D eigenvalue weighted by Crippen LogP contribution is -2.33. The van der Waals surface area contributed by atoms with Crippen LogP contribution in [0.4, 0.5) is 5.69 Å². The second-order valence-electron chi connectivity index (χ2n) is 6.77. The van der Waals surface area contributed by atoms with Crippen molar-refractivity contribution in [2.75, 3.05) is 11.9 Å².